The predicted molar refractivity (Wildman–Crippen MR) is 71.8 cm³/mol. The maximum Gasteiger partial charge on any atom is 0.326 e. The molecule has 0 aromatic rings. The smallest absolute Gasteiger partial charge is 0.326 e. The van der Waals surface area contributed by atoms with Gasteiger partial charge in [0.25, 0.3) is 0 Å². The lowest BCUT2D eigenvalue weighted by molar-refractivity contribution is -0.154. The molecular weight excluding hydrogens is 244 g/mol. The van der Waals surface area contributed by atoms with Crippen LogP contribution in [0.1, 0.15) is 46.0 Å². The van der Waals surface area contributed by atoms with Gasteiger partial charge in [-0.3, -0.25) is 4.79 Å². The van der Waals surface area contributed by atoms with Crippen molar-refractivity contribution in [2.45, 2.75) is 58.0 Å². The Bertz CT molecular complexity index is 368. The summed E-state index contributed by atoms with van der Waals surface area (Å²) < 4.78 is 0. The van der Waals surface area contributed by atoms with Gasteiger partial charge in [0.05, 0.1) is 6.04 Å². The highest BCUT2D eigenvalue weighted by Crippen LogP contribution is 2.32. The van der Waals surface area contributed by atoms with Crippen molar-refractivity contribution in [1.82, 2.24) is 10.2 Å². The van der Waals surface area contributed by atoms with Gasteiger partial charge in [-0.2, -0.15) is 0 Å². The second-order valence-electron chi connectivity index (χ2n) is 6.36. The van der Waals surface area contributed by atoms with Crippen LogP contribution in [0.15, 0.2) is 0 Å². The topological polar surface area (TPSA) is 69.6 Å². The number of carboxylic acid groups (broad SMARTS) is 1. The van der Waals surface area contributed by atoms with Crippen LogP contribution in [0.5, 0.6) is 0 Å². The number of hydrogen-bond donors (Lipinski definition) is 2. The van der Waals surface area contributed by atoms with Gasteiger partial charge in [0.2, 0.25) is 5.91 Å². The highest BCUT2D eigenvalue weighted by molar-refractivity contribution is 5.88. The molecule has 2 atom stereocenters. The molecule has 0 saturated carbocycles. The van der Waals surface area contributed by atoms with Crippen LogP contribution in [0.2, 0.25) is 0 Å². The second-order valence-corrected chi connectivity index (χ2v) is 6.36. The van der Waals surface area contributed by atoms with Gasteiger partial charge in [-0.1, -0.05) is 13.8 Å². The first-order chi connectivity index (χ1) is 8.93. The number of hydrogen-bond acceptors (Lipinski definition) is 3. The second kappa shape index (κ2) is 5.49. The van der Waals surface area contributed by atoms with E-state index in [0.29, 0.717) is 13.0 Å². The van der Waals surface area contributed by atoms with Crippen molar-refractivity contribution in [2.24, 2.45) is 5.41 Å². The van der Waals surface area contributed by atoms with Gasteiger partial charge in [0.15, 0.2) is 0 Å². The minimum Gasteiger partial charge on any atom is -0.480 e. The molecule has 5 nitrogen and oxygen atoms in total. The average Bonchev–Trinajstić information content (AvgIpc) is 2.37. The van der Waals surface area contributed by atoms with Crippen LogP contribution >= 0.6 is 0 Å². The van der Waals surface area contributed by atoms with Gasteiger partial charge in [0.1, 0.15) is 6.04 Å². The summed E-state index contributed by atoms with van der Waals surface area (Å²) >= 11 is 0. The molecule has 0 aromatic heterocycles. The lowest BCUT2D eigenvalue weighted by Gasteiger charge is -2.43. The molecule has 0 aromatic carbocycles. The number of likely N-dealkylation sites (tertiary alicyclic amines) is 1. The average molecular weight is 268 g/mol. The van der Waals surface area contributed by atoms with Crippen molar-refractivity contribution in [3.63, 3.8) is 0 Å². The Kier molecular flexibility index (Phi) is 4.13. The third-order valence-corrected chi connectivity index (χ3v) is 4.45. The van der Waals surface area contributed by atoms with E-state index >= 15 is 0 Å². The van der Waals surface area contributed by atoms with Gasteiger partial charge in [-0.25, -0.2) is 4.79 Å². The van der Waals surface area contributed by atoms with Crippen LogP contribution in [0.4, 0.5) is 0 Å². The van der Waals surface area contributed by atoms with Crippen LogP contribution in [0.25, 0.3) is 0 Å². The van der Waals surface area contributed by atoms with Crippen molar-refractivity contribution in [3.05, 3.63) is 0 Å². The molecule has 0 spiro atoms. The minimum atomic E-state index is -0.873. The summed E-state index contributed by atoms with van der Waals surface area (Å²) in [5, 5.41) is 12.6. The first kappa shape index (κ1) is 14.3. The first-order valence-electron chi connectivity index (χ1n) is 7.20. The molecule has 2 rings (SSSR count). The standard InChI is InChI=1S/C14H24N2O3/c1-14(2)7-5-8-15-11(14)12(17)16-9-4-3-6-10(16)13(18)19/h10-11,15H,3-9H2,1-2H3,(H,18,19)/t10-,11?/m0/s1. The summed E-state index contributed by atoms with van der Waals surface area (Å²) in [5.41, 5.74) is -0.101. The van der Waals surface area contributed by atoms with Crippen LogP contribution in [-0.2, 0) is 9.59 Å². The molecule has 1 amide bonds. The predicted octanol–water partition coefficient (Wildman–Crippen LogP) is 1.23. The van der Waals surface area contributed by atoms with E-state index in [1.165, 1.54) is 0 Å². The quantitative estimate of drug-likeness (QED) is 0.790. The van der Waals surface area contributed by atoms with Gasteiger partial charge >= 0.3 is 5.97 Å². The number of rotatable bonds is 2. The molecule has 2 saturated heterocycles. The largest absolute Gasteiger partial charge is 0.480 e. The number of carbonyl (C=O) groups excluding carboxylic acids is 1. The van der Waals surface area contributed by atoms with Crippen LogP contribution < -0.4 is 5.32 Å². The van der Waals surface area contributed by atoms with E-state index in [-0.39, 0.29) is 17.4 Å². The van der Waals surface area contributed by atoms with Gasteiger partial charge in [0, 0.05) is 6.54 Å². The molecule has 5 heteroatoms. The molecule has 0 aliphatic carbocycles. The molecule has 2 fully saturated rings. The van der Waals surface area contributed by atoms with E-state index in [0.717, 1.165) is 32.2 Å². The Morgan fingerprint density at radius 2 is 2.00 bits per heavy atom. The van der Waals surface area contributed by atoms with Crippen LogP contribution in [0.3, 0.4) is 0 Å². The summed E-state index contributed by atoms with van der Waals surface area (Å²) in [5.74, 6) is -0.904. The summed E-state index contributed by atoms with van der Waals surface area (Å²) in [6, 6.07) is -0.887. The molecule has 2 heterocycles. The van der Waals surface area contributed by atoms with Crippen LogP contribution in [0, 0.1) is 5.41 Å². The summed E-state index contributed by atoms with van der Waals surface area (Å²) in [7, 11) is 0. The summed E-state index contributed by atoms with van der Waals surface area (Å²) in [4.78, 5) is 25.6. The van der Waals surface area contributed by atoms with Gasteiger partial charge in [-0.15, -0.1) is 0 Å². The third-order valence-electron chi connectivity index (χ3n) is 4.45. The lowest BCUT2D eigenvalue weighted by Crippen LogP contribution is -2.60. The molecule has 108 valence electrons. The Morgan fingerprint density at radius 1 is 1.26 bits per heavy atom. The van der Waals surface area contributed by atoms with E-state index in [4.69, 9.17) is 0 Å². The number of carbonyl (C=O) groups is 2. The number of aliphatic carboxylic acids is 1. The van der Waals surface area contributed by atoms with E-state index in [1.54, 1.807) is 4.90 Å². The Labute approximate surface area is 114 Å². The fourth-order valence-corrected chi connectivity index (χ4v) is 3.25. The molecule has 0 radical (unpaired) electrons. The molecule has 19 heavy (non-hydrogen) atoms. The minimum absolute atomic E-state index is 0.0307. The summed E-state index contributed by atoms with van der Waals surface area (Å²) in [6.07, 6.45) is 4.44. The number of carboxylic acids is 1. The Hall–Kier alpha value is -1.10. The van der Waals surface area contributed by atoms with Crippen molar-refractivity contribution in [1.29, 1.82) is 0 Å². The van der Waals surface area contributed by atoms with Gasteiger partial charge in [-0.05, 0) is 44.1 Å². The van der Waals surface area contributed by atoms with E-state index in [2.05, 4.69) is 19.2 Å². The van der Waals surface area contributed by atoms with E-state index in [1.807, 2.05) is 0 Å². The SMILES string of the molecule is CC1(C)CCCNC1C(=O)N1CCCC[C@H]1C(=O)O. The molecule has 0 bridgehead atoms. The Morgan fingerprint density at radius 3 is 2.63 bits per heavy atom. The third kappa shape index (κ3) is 2.91. The number of nitrogens with one attached hydrogen (secondary N) is 1. The maximum atomic E-state index is 12.7. The fourth-order valence-electron chi connectivity index (χ4n) is 3.25. The molecular formula is C14H24N2O3. The normalized spacial score (nSPS) is 30.9. The van der Waals surface area contributed by atoms with E-state index < -0.39 is 12.0 Å². The van der Waals surface area contributed by atoms with Crippen LogP contribution in [-0.4, -0.2) is 47.1 Å². The number of piperidine rings is 2. The zero-order valence-corrected chi connectivity index (χ0v) is 11.8. The van der Waals surface area contributed by atoms with Crippen molar-refractivity contribution < 1.29 is 14.7 Å². The molecule has 1 unspecified atom stereocenters. The summed E-state index contributed by atoms with van der Waals surface area (Å²) in [6.45, 7) is 5.58. The maximum absolute atomic E-state index is 12.7. The number of nitrogens with zero attached hydrogens (tertiary/aromatic N) is 1. The Balaban J connectivity index is 2.14. The molecule has 2 aliphatic rings. The molecule has 2 N–H and O–H groups in total. The van der Waals surface area contributed by atoms with E-state index in [9.17, 15) is 14.7 Å². The van der Waals surface area contributed by atoms with Crippen molar-refractivity contribution in [3.8, 4) is 0 Å². The highest BCUT2D eigenvalue weighted by atomic mass is 16.4. The number of amides is 1. The van der Waals surface area contributed by atoms with Crippen molar-refractivity contribution in [2.75, 3.05) is 13.1 Å². The van der Waals surface area contributed by atoms with Gasteiger partial charge < -0.3 is 15.3 Å². The zero-order valence-electron chi connectivity index (χ0n) is 11.8. The first-order valence-corrected chi connectivity index (χ1v) is 7.20. The van der Waals surface area contributed by atoms with Crippen molar-refractivity contribution >= 4 is 11.9 Å². The highest BCUT2D eigenvalue weighted by Gasteiger charge is 2.42. The fraction of sp³-hybridized carbons (Fsp3) is 0.857. The lowest BCUT2D eigenvalue weighted by atomic mass is 9.76. The zero-order chi connectivity index (χ0) is 14.0. The monoisotopic (exact) mass is 268 g/mol. The molecule has 2 aliphatic heterocycles.